The van der Waals surface area contributed by atoms with Crippen LogP contribution in [0, 0.1) is 0 Å². The van der Waals surface area contributed by atoms with E-state index in [0.29, 0.717) is 6.42 Å². The van der Waals surface area contributed by atoms with E-state index < -0.39 is 6.03 Å². The molecule has 2 rings (SSSR count). The molecule has 1 saturated carbocycles. The van der Waals surface area contributed by atoms with Gasteiger partial charge in [-0.15, -0.1) is 0 Å². The minimum absolute atomic E-state index is 0.105. The smallest absolute Gasteiger partial charge is 0.339 e. The van der Waals surface area contributed by atoms with E-state index in [2.05, 4.69) is 10.8 Å². The minimum Gasteiger partial charge on any atom is -0.394 e. The molecule has 1 aromatic carbocycles. The van der Waals surface area contributed by atoms with Crippen LogP contribution in [0.2, 0.25) is 0 Å². The van der Waals surface area contributed by atoms with E-state index in [4.69, 9.17) is 4.84 Å². The van der Waals surface area contributed by atoms with Crippen molar-refractivity contribution in [1.29, 1.82) is 0 Å². The summed E-state index contributed by atoms with van der Waals surface area (Å²) in [5.41, 5.74) is 3.49. The topological polar surface area (TPSA) is 70.6 Å². The highest BCUT2D eigenvalue weighted by atomic mass is 16.7. The summed E-state index contributed by atoms with van der Waals surface area (Å²) < 4.78 is 0. The second kappa shape index (κ2) is 7.87. The summed E-state index contributed by atoms with van der Waals surface area (Å²) in [6.07, 6.45) is 5.01. The third-order valence-electron chi connectivity index (χ3n) is 3.50. The van der Waals surface area contributed by atoms with Gasteiger partial charge >= 0.3 is 6.03 Å². The number of hydroxylamine groups is 1. The van der Waals surface area contributed by atoms with Gasteiger partial charge in [0.15, 0.2) is 0 Å². The van der Waals surface area contributed by atoms with Gasteiger partial charge in [-0.1, -0.05) is 43.2 Å². The van der Waals surface area contributed by atoms with Gasteiger partial charge < -0.3 is 10.4 Å². The number of urea groups is 1. The Hall–Kier alpha value is -1.59. The van der Waals surface area contributed by atoms with Gasteiger partial charge in [0.25, 0.3) is 0 Å². The Morgan fingerprint density at radius 3 is 2.65 bits per heavy atom. The number of amides is 2. The normalized spacial score (nSPS) is 16.9. The van der Waals surface area contributed by atoms with Crippen LogP contribution in [0.1, 0.15) is 31.2 Å². The van der Waals surface area contributed by atoms with Crippen LogP contribution in [0.3, 0.4) is 0 Å². The molecule has 0 spiro atoms. The predicted molar refractivity (Wildman–Crippen MR) is 76.0 cm³/mol. The Morgan fingerprint density at radius 2 is 2.00 bits per heavy atom. The van der Waals surface area contributed by atoms with E-state index in [1.165, 1.54) is 0 Å². The van der Waals surface area contributed by atoms with Crippen LogP contribution in [-0.4, -0.2) is 29.9 Å². The quantitative estimate of drug-likeness (QED) is 0.694. The van der Waals surface area contributed by atoms with Gasteiger partial charge in [-0.05, 0) is 24.8 Å². The molecular formula is C15H22N2O3. The maximum atomic E-state index is 11.7. The number of aliphatic hydroxyl groups excluding tert-OH is 1. The Morgan fingerprint density at radius 1 is 1.30 bits per heavy atom. The monoisotopic (exact) mass is 278 g/mol. The van der Waals surface area contributed by atoms with Gasteiger partial charge in [0.2, 0.25) is 0 Å². The van der Waals surface area contributed by atoms with Gasteiger partial charge in [0, 0.05) is 0 Å². The van der Waals surface area contributed by atoms with Crippen LogP contribution in [0.4, 0.5) is 4.79 Å². The average Bonchev–Trinajstić information content (AvgIpc) is 2.99. The lowest BCUT2D eigenvalue weighted by atomic mass is 10.1. The van der Waals surface area contributed by atoms with Crippen molar-refractivity contribution in [2.45, 2.75) is 44.2 Å². The van der Waals surface area contributed by atoms with Crippen LogP contribution in [0.15, 0.2) is 30.3 Å². The van der Waals surface area contributed by atoms with Crippen molar-refractivity contribution in [2.75, 3.05) is 6.61 Å². The van der Waals surface area contributed by atoms with E-state index in [0.717, 1.165) is 31.2 Å². The molecule has 1 fully saturated rings. The van der Waals surface area contributed by atoms with Crippen LogP contribution in [0.5, 0.6) is 0 Å². The maximum Gasteiger partial charge on any atom is 0.339 e. The number of hydrogen-bond donors (Lipinski definition) is 3. The van der Waals surface area contributed by atoms with Crippen molar-refractivity contribution >= 4 is 6.03 Å². The van der Waals surface area contributed by atoms with Crippen LogP contribution in [0.25, 0.3) is 0 Å². The molecule has 0 aromatic heterocycles. The minimum atomic E-state index is -0.396. The largest absolute Gasteiger partial charge is 0.394 e. The second-order valence-corrected chi connectivity index (χ2v) is 5.17. The lowest BCUT2D eigenvalue weighted by Gasteiger charge is -2.18. The summed E-state index contributed by atoms with van der Waals surface area (Å²) in [4.78, 5) is 17.0. The summed E-state index contributed by atoms with van der Waals surface area (Å²) in [5, 5.41) is 12.0. The van der Waals surface area contributed by atoms with Gasteiger partial charge in [0.05, 0.1) is 18.8 Å². The van der Waals surface area contributed by atoms with Gasteiger partial charge in [-0.25, -0.2) is 10.3 Å². The molecule has 1 atom stereocenters. The Bertz CT molecular complexity index is 405. The molecule has 1 aliphatic carbocycles. The summed E-state index contributed by atoms with van der Waals surface area (Å²) >= 11 is 0. The maximum absolute atomic E-state index is 11.7. The van der Waals surface area contributed by atoms with Crippen LogP contribution in [-0.2, 0) is 11.3 Å². The zero-order valence-electron chi connectivity index (χ0n) is 11.5. The number of carbonyl (C=O) groups is 1. The van der Waals surface area contributed by atoms with E-state index >= 15 is 0 Å². The molecule has 0 heterocycles. The van der Waals surface area contributed by atoms with Crippen molar-refractivity contribution in [3.8, 4) is 0 Å². The molecule has 1 unspecified atom stereocenters. The fourth-order valence-corrected chi connectivity index (χ4v) is 2.42. The molecular weight excluding hydrogens is 256 g/mol. The molecule has 20 heavy (non-hydrogen) atoms. The molecule has 0 saturated heterocycles. The molecule has 1 aliphatic rings. The van der Waals surface area contributed by atoms with Crippen molar-refractivity contribution in [2.24, 2.45) is 0 Å². The highest BCUT2D eigenvalue weighted by Gasteiger charge is 2.18. The fourth-order valence-electron chi connectivity index (χ4n) is 2.42. The summed E-state index contributed by atoms with van der Waals surface area (Å²) in [5.74, 6) is 0. The van der Waals surface area contributed by atoms with E-state index in [1.807, 2.05) is 30.3 Å². The van der Waals surface area contributed by atoms with Crippen molar-refractivity contribution in [1.82, 2.24) is 10.8 Å². The van der Waals surface area contributed by atoms with E-state index in [1.54, 1.807) is 0 Å². The Balaban J connectivity index is 1.72. The zero-order chi connectivity index (χ0) is 14.2. The lowest BCUT2D eigenvalue weighted by Crippen LogP contribution is -2.45. The summed E-state index contributed by atoms with van der Waals surface area (Å²) in [6, 6.07) is 9.04. The van der Waals surface area contributed by atoms with Crippen molar-refractivity contribution in [3.05, 3.63) is 35.9 Å². The van der Waals surface area contributed by atoms with Gasteiger partial charge in [-0.3, -0.25) is 4.84 Å². The third-order valence-corrected chi connectivity index (χ3v) is 3.50. The zero-order valence-corrected chi connectivity index (χ0v) is 11.5. The van der Waals surface area contributed by atoms with Crippen molar-refractivity contribution < 1.29 is 14.7 Å². The van der Waals surface area contributed by atoms with Crippen LogP contribution >= 0.6 is 0 Å². The first kappa shape index (κ1) is 14.8. The van der Waals surface area contributed by atoms with E-state index in [9.17, 15) is 9.90 Å². The van der Waals surface area contributed by atoms with Crippen LogP contribution < -0.4 is 10.8 Å². The summed E-state index contributed by atoms with van der Waals surface area (Å²) in [7, 11) is 0. The molecule has 0 bridgehead atoms. The second-order valence-electron chi connectivity index (χ2n) is 5.17. The van der Waals surface area contributed by atoms with E-state index in [-0.39, 0.29) is 18.8 Å². The highest BCUT2D eigenvalue weighted by molar-refractivity contribution is 5.73. The molecule has 0 radical (unpaired) electrons. The average molecular weight is 278 g/mol. The predicted octanol–water partition coefficient (Wildman–Crippen LogP) is 1.76. The first-order valence-corrected chi connectivity index (χ1v) is 7.15. The first-order valence-electron chi connectivity index (χ1n) is 7.15. The Labute approximate surface area is 119 Å². The van der Waals surface area contributed by atoms with Crippen molar-refractivity contribution in [3.63, 3.8) is 0 Å². The number of benzene rings is 1. The van der Waals surface area contributed by atoms with Gasteiger partial charge in [-0.2, -0.15) is 0 Å². The Kier molecular flexibility index (Phi) is 5.83. The standard InChI is InChI=1S/C15H22N2O3/c18-11-13(10-12-6-2-1-3-7-12)16-15(19)17-20-14-8-4-5-9-14/h1-3,6-7,13-14,18H,4-5,8-11H2,(H2,16,17,19). The molecule has 3 N–H and O–H groups in total. The number of nitrogens with one attached hydrogen (secondary N) is 2. The SMILES string of the molecule is O=C(NOC1CCCC1)NC(CO)Cc1ccccc1. The molecule has 2 amide bonds. The molecule has 110 valence electrons. The summed E-state index contributed by atoms with van der Waals surface area (Å²) in [6.45, 7) is -0.105. The number of aliphatic hydroxyl groups is 1. The fraction of sp³-hybridized carbons (Fsp3) is 0.533. The molecule has 5 heteroatoms. The first-order chi connectivity index (χ1) is 9.78. The molecule has 1 aromatic rings. The third kappa shape index (κ3) is 4.83. The number of carbonyl (C=O) groups excluding carboxylic acids is 1. The molecule has 5 nitrogen and oxygen atoms in total. The highest BCUT2D eigenvalue weighted by Crippen LogP contribution is 2.19. The number of hydrogen-bond acceptors (Lipinski definition) is 3. The van der Waals surface area contributed by atoms with Gasteiger partial charge in [0.1, 0.15) is 0 Å². The lowest BCUT2D eigenvalue weighted by molar-refractivity contribution is -0.000809. The number of rotatable bonds is 6. The molecule has 0 aliphatic heterocycles.